The summed E-state index contributed by atoms with van der Waals surface area (Å²) in [7, 11) is 0. The Kier molecular flexibility index (Phi) is 5.04. The number of para-hydroxylation sites is 1. The highest BCUT2D eigenvalue weighted by Crippen LogP contribution is 2.27. The van der Waals surface area contributed by atoms with E-state index in [1.54, 1.807) is 30.3 Å². The third kappa shape index (κ3) is 4.12. The van der Waals surface area contributed by atoms with Crippen molar-refractivity contribution in [1.82, 2.24) is 0 Å². The van der Waals surface area contributed by atoms with Crippen LogP contribution in [0.2, 0.25) is 10.0 Å². The highest BCUT2D eigenvalue weighted by atomic mass is 35.5. The number of esters is 1. The fourth-order valence-electron chi connectivity index (χ4n) is 1.53. The monoisotopic (exact) mass is 321 g/mol. The standard InChI is InChI=1S/C15H9Cl2NO3/c16-11-5-6-12(17)14(7-11)21-15(19)9-20-13-4-2-1-3-10(13)8-18/h1-7H,9H2. The molecule has 0 fully saturated rings. The lowest BCUT2D eigenvalue weighted by Crippen LogP contribution is -2.18. The van der Waals surface area contributed by atoms with Crippen molar-refractivity contribution in [3.05, 3.63) is 58.1 Å². The summed E-state index contributed by atoms with van der Waals surface area (Å²) < 4.78 is 10.3. The molecule has 0 aliphatic carbocycles. The van der Waals surface area contributed by atoms with Crippen LogP contribution in [0.5, 0.6) is 11.5 Å². The van der Waals surface area contributed by atoms with Crippen molar-refractivity contribution in [3.63, 3.8) is 0 Å². The van der Waals surface area contributed by atoms with Gasteiger partial charge in [-0.3, -0.25) is 0 Å². The van der Waals surface area contributed by atoms with Crippen molar-refractivity contribution in [2.45, 2.75) is 0 Å². The first kappa shape index (κ1) is 15.2. The average molecular weight is 322 g/mol. The number of nitriles is 1. The number of hydrogen-bond donors (Lipinski definition) is 0. The number of carbonyl (C=O) groups is 1. The fourth-order valence-corrected chi connectivity index (χ4v) is 1.85. The van der Waals surface area contributed by atoms with Crippen LogP contribution in [0.4, 0.5) is 0 Å². The first-order chi connectivity index (χ1) is 10.1. The molecule has 0 heterocycles. The van der Waals surface area contributed by atoms with Crippen molar-refractivity contribution in [2.24, 2.45) is 0 Å². The minimum absolute atomic E-state index is 0.159. The van der Waals surface area contributed by atoms with Gasteiger partial charge in [0.2, 0.25) is 0 Å². The summed E-state index contributed by atoms with van der Waals surface area (Å²) in [5.74, 6) is -0.174. The second kappa shape index (κ2) is 6.98. The number of carbonyl (C=O) groups excluding carboxylic acids is 1. The molecule has 2 rings (SSSR count). The molecule has 0 aliphatic rings. The van der Waals surface area contributed by atoms with Crippen molar-refractivity contribution < 1.29 is 14.3 Å². The van der Waals surface area contributed by atoms with E-state index in [2.05, 4.69) is 0 Å². The maximum atomic E-state index is 11.7. The summed E-state index contributed by atoms with van der Waals surface area (Å²) >= 11 is 11.7. The largest absolute Gasteiger partial charge is 0.481 e. The zero-order valence-electron chi connectivity index (χ0n) is 10.7. The van der Waals surface area contributed by atoms with Crippen LogP contribution >= 0.6 is 23.2 Å². The van der Waals surface area contributed by atoms with Gasteiger partial charge in [0.05, 0.1) is 10.6 Å². The van der Waals surface area contributed by atoms with Crippen LogP contribution in [0, 0.1) is 11.3 Å². The zero-order chi connectivity index (χ0) is 15.2. The number of halogens is 2. The van der Waals surface area contributed by atoms with Crippen molar-refractivity contribution in [3.8, 4) is 17.6 Å². The van der Waals surface area contributed by atoms with Crippen molar-refractivity contribution >= 4 is 29.2 Å². The molecule has 0 saturated carbocycles. The molecule has 2 aromatic rings. The van der Waals surface area contributed by atoms with E-state index in [-0.39, 0.29) is 17.4 Å². The molecule has 21 heavy (non-hydrogen) atoms. The minimum Gasteiger partial charge on any atom is -0.481 e. The van der Waals surface area contributed by atoms with E-state index >= 15 is 0 Å². The Morgan fingerprint density at radius 1 is 1.14 bits per heavy atom. The second-order valence-electron chi connectivity index (χ2n) is 3.95. The first-order valence-corrected chi connectivity index (χ1v) is 6.63. The van der Waals surface area contributed by atoms with Gasteiger partial charge in [-0.1, -0.05) is 35.3 Å². The van der Waals surface area contributed by atoms with Crippen LogP contribution in [-0.4, -0.2) is 12.6 Å². The second-order valence-corrected chi connectivity index (χ2v) is 4.79. The van der Waals surface area contributed by atoms with Crippen molar-refractivity contribution in [1.29, 1.82) is 5.26 Å². The summed E-state index contributed by atoms with van der Waals surface area (Å²) in [6.45, 7) is -0.346. The molecular weight excluding hydrogens is 313 g/mol. The van der Waals surface area contributed by atoms with E-state index in [4.69, 9.17) is 37.9 Å². The number of ether oxygens (including phenoxy) is 2. The molecule has 6 heteroatoms. The topological polar surface area (TPSA) is 59.3 Å². The zero-order valence-corrected chi connectivity index (χ0v) is 12.2. The highest BCUT2D eigenvalue weighted by molar-refractivity contribution is 6.34. The van der Waals surface area contributed by atoms with E-state index in [1.807, 2.05) is 6.07 Å². The van der Waals surface area contributed by atoms with Gasteiger partial charge in [0.25, 0.3) is 0 Å². The molecule has 0 N–H and O–H groups in total. The van der Waals surface area contributed by atoms with Gasteiger partial charge in [0.1, 0.15) is 11.8 Å². The highest BCUT2D eigenvalue weighted by Gasteiger charge is 2.11. The Morgan fingerprint density at radius 2 is 1.90 bits per heavy atom. The summed E-state index contributed by atoms with van der Waals surface area (Å²) in [6.07, 6.45) is 0. The molecule has 0 radical (unpaired) electrons. The van der Waals surface area contributed by atoms with Gasteiger partial charge in [0, 0.05) is 11.1 Å². The van der Waals surface area contributed by atoms with Crippen LogP contribution in [0.25, 0.3) is 0 Å². The summed E-state index contributed by atoms with van der Waals surface area (Å²) in [6, 6.07) is 13.1. The Balaban J connectivity index is 2.00. The van der Waals surface area contributed by atoms with Gasteiger partial charge in [-0.2, -0.15) is 5.26 Å². The predicted molar refractivity (Wildman–Crippen MR) is 78.7 cm³/mol. The van der Waals surface area contributed by atoms with Crippen molar-refractivity contribution in [2.75, 3.05) is 6.61 Å². The van der Waals surface area contributed by atoms with E-state index in [9.17, 15) is 4.79 Å². The number of rotatable bonds is 4. The third-order valence-corrected chi connectivity index (χ3v) is 3.02. The van der Waals surface area contributed by atoms with E-state index in [1.165, 1.54) is 12.1 Å². The lowest BCUT2D eigenvalue weighted by Gasteiger charge is -2.09. The van der Waals surface area contributed by atoms with Gasteiger partial charge in [-0.15, -0.1) is 0 Å². The Labute approximate surface area is 131 Å². The smallest absolute Gasteiger partial charge is 0.349 e. The van der Waals surface area contributed by atoms with E-state index in [0.29, 0.717) is 16.3 Å². The number of benzene rings is 2. The Hall–Kier alpha value is -2.22. The molecule has 0 amide bonds. The Morgan fingerprint density at radius 3 is 2.67 bits per heavy atom. The Bertz CT molecular complexity index is 710. The lowest BCUT2D eigenvalue weighted by molar-refractivity contribution is -0.136. The normalized spacial score (nSPS) is 9.76. The fraction of sp³-hybridized carbons (Fsp3) is 0.0667. The maximum absolute atomic E-state index is 11.7. The van der Waals surface area contributed by atoms with Gasteiger partial charge < -0.3 is 9.47 Å². The van der Waals surface area contributed by atoms with Crippen LogP contribution < -0.4 is 9.47 Å². The molecule has 106 valence electrons. The number of hydrogen-bond acceptors (Lipinski definition) is 4. The molecule has 2 aromatic carbocycles. The molecule has 0 aliphatic heterocycles. The molecule has 4 nitrogen and oxygen atoms in total. The van der Waals surface area contributed by atoms with Gasteiger partial charge in [-0.25, -0.2) is 4.79 Å². The number of nitrogens with zero attached hydrogens (tertiary/aromatic N) is 1. The molecule has 0 spiro atoms. The molecule has 0 bridgehead atoms. The van der Waals surface area contributed by atoms with E-state index in [0.717, 1.165) is 0 Å². The quantitative estimate of drug-likeness (QED) is 0.634. The van der Waals surface area contributed by atoms with E-state index < -0.39 is 5.97 Å². The van der Waals surface area contributed by atoms with Crippen LogP contribution in [0.15, 0.2) is 42.5 Å². The average Bonchev–Trinajstić information content (AvgIpc) is 2.49. The summed E-state index contributed by atoms with van der Waals surface area (Å²) in [4.78, 5) is 11.7. The molecule has 0 saturated heterocycles. The summed E-state index contributed by atoms with van der Waals surface area (Å²) in [5.41, 5.74) is 0.339. The van der Waals surface area contributed by atoms with Crippen LogP contribution in [0.1, 0.15) is 5.56 Å². The minimum atomic E-state index is -0.646. The van der Waals surface area contributed by atoms with Crippen LogP contribution in [0.3, 0.4) is 0 Å². The van der Waals surface area contributed by atoms with Gasteiger partial charge in [0.15, 0.2) is 12.4 Å². The molecule has 0 atom stereocenters. The van der Waals surface area contributed by atoms with Crippen LogP contribution in [-0.2, 0) is 4.79 Å². The van der Waals surface area contributed by atoms with Gasteiger partial charge in [-0.05, 0) is 24.3 Å². The molecular formula is C15H9Cl2NO3. The molecule has 0 unspecified atom stereocenters. The van der Waals surface area contributed by atoms with Gasteiger partial charge >= 0.3 is 5.97 Å². The first-order valence-electron chi connectivity index (χ1n) is 5.88. The lowest BCUT2D eigenvalue weighted by atomic mass is 10.2. The summed E-state index contributed by atoms with van der Waals surface area (Å²) in [5, 5.41) is 9.58. The maximum Gasteiger partial charge on any atom is 0.349 e. The predicted octanol–water partition coefficient (Wildman–Crippen LogP) is 3.85. The third-order valence-electron chi connectivity index (χ3n) is 2.47. The molecule has 0 aromatic heterocycles. The SMILES string of the molecule is N#Cc1ccccc1OCC(=O)Oc1cc(Cl)ccc1Cl.